The van der Waals surface area contributed by atoms with Gasteiger partial charge in [-0.2, -0.15) is 0 Å². The van der Waals surface area contributed by atoms with Crippen molar-refractivity contribution in [1.82, 2.24) is 4.98 Å². The number of nitrogens with two attached hydrogens (primary N) is 1. The summed E-state index contributed by atoms with van der Waals surface area (Å²) in [5.74, 6) is -1.31. The number of anilines is 1. The van der Waals surface area contributed by atoms with Crippen LogP contribution in [0, 0.1) is 11.6 Å². The largest absolute Gasteiger partial charge is 0.452 e. The lowest BCUT2D eigenvalue weighted by Gasteiger charge is -2.11. The van der Waals surface area contributed by atoms with E-state index in [0.29, 0.717) is 5.39 Å². The first-order valence-corrected chi connectivity index (χ1v) is 6.39. The summed E-state index contributed by atoms with van der Waals surface area (Å²) >= 11 is 5.60. The van der Waals surface area contributed by atoms with Crippen LogP contribution in [0.1, 0.15) is 0 Å². The van der Waals surface area contributed by atoms with Gasteiger partial charge in [-0.05, 0) is 24.3 Å². The molecule has 6 heteroatoms. The van der Waals surface area contributed by atoms with E-state index in [1.165, 1.54) is 18.3 Å². The molecule has 0 spiro atoms. The zero-order valence-corrected chi connectivity index (χ0v) is 11.4. The third-order valence-corrected chi connectivity index (χ3v) is 3.25. The second kappa shape index (κ2) is 5.18. The maximum atomic E-state index is 14.1. The molecular formula is C15H9ClF2N2O. The molecule has 3 aromatic rings. The lowest BCUT2D eigenvalue weighted by atomic mass is 10.1. The molecule has 0 atom stereocenters. The minimum atomic E-state index is -0.672. The van der Waals surface area contributed by atoms with Crippen molar-refractivity contribution < 1.29 is 13.5 Å². The maximum absolute atomic E-state index is 14.1. The second-order valence-corrected chi connectivity index (χ2v) is 4.76. The fourth-order valence-corrected chi connectivity index (χ4v) is 2.08. The third kappa shape index (κ3) is 2.48. The molecule has 0 fully saturated rings. The summed E-state index contributed by atoms with van der Waals surface area (Å²) in [6.45, 7) is 0. The van der Waals surface area contributed by atoms with E-state index >= 15 is 0 Å². The van der Waals surface area contributed by atoms with Gasteiger partial charge in [0.1, 0.15) is 17.1 Å². The van der Waals surface area contributed by atoms with Crippen molar-refractivity contribution >= 4 is 28.2 Å². The summed E-state index contributed by atoms with van der Waals surface area (Å²) < 4.78 is 32.9. The normalized spacial score (nSPS) is 10.8. The molecule has 0 bridgehead atoms. The van der Waals surface area contributed by atoms with E-state index in [4.69, 9.17) is 22.1 Å². The molecular weight excluding hydrogens is 298 g/mol. The molecule has 0 saturated heterocycles. The Balaban J connectivity index is 2.14. The van der Waals surface area contributed by atoms with Crippen molar-refractivity contribution in [2.45, 2.75) is 0 Å². The van der Waals surface area contributed by atoms with Gasteiger partial charge in [0.05, 0.1) is 5.02 Å². The molecule has 2 aromatic carbocycles. The van der Waals surface area contributed by atoms with Crippen molar-refractivity contribution in [3.8, 4) is 11.5 Å². The molecule has 0 amide bonds. The second-order valence-electron chi connectivity index (χ2n) is 4.35. The number of rotatable bonds is 2. The maximum Gasteiger partial charge on any atom is 0.189 e. The highest BCUT2D eigenvalue weighted by Crippen LogP contribution is 2.35. The summed E-state index contributed by atoms with van der Waals surface area (Å²) in [6, 6.07) is 8.38. The van der Waals surface area contributed by atoms with Crippen LogP contribution < -0.4 is 10.5 Å². The van der Waals surface area contributed by atoms with Crippen LogP contribution in [0.3, 0.4) is 0 Å². The van der Waals surface area contributed by atoms with Gasteiger partial charge in [-0.3, -0.25) is 4.98 Å². The van der Waals surface area contributed by atoms with Gasteiger partial charge in [0.25, 0.3) is 0 Å². The Bertz CT molecular complexity index is 839. The van der Waals surface area contributed by atoms with E-state index in [-0.39, 0.29) is 27.7 Å². The minimum Gasteiger partial charge on any atom is -0.452 e. The molecule has 1 heterocycles. The number of fused-ring (bicyclic) bond motifs is 1. The van der Waals surface area contributed by atoms with Gasteiger partial charge in [0, 0.05) is 29.4 Å². The van der Waals surface area contributed by atoms with E-state index in [2.05, 4.69) is 4.98 Å². The topological polar surface area (TPSA) is 48.1 Å². The summed E-state index contributed by atoms with van der Waals surface area (Å²) in [5, 5.41) is 0.520. The molecule has 0 radical (unpaired) electrons. The van der Waals surface area contributed by atoms with Crippen molar-refractivity contribution in [3.05, 3.63) is 59.3 Å². The van der Waals surface area contributed by atoms with Gasteiger partial charge in [0.15, 0.2) is 11.6 Å². The molecule has 0 unspecified atom stereocenters. The van der Waals surface area contributed by atoms with Gasteiger partial charge in [-0.15, -0.1) is 0 Å². The average Bonchev–Trinajstić information content (AvgIpc) is 2.47. The first-order chi connectivity index (χ1) is 10.1. The summed E-state index contributed by atoms with van der Waals surface area (Å²) in [5.41, 5.74) is 6.27. The fraction of sp³-hybridized carbons (Fsp3) is 0. The number of nitrogens with zero attached hydrogens (tertiary/aromatic N) is 1. The highest BCUT2D eigenvalue weighted by atomic mass is 35.5. The van der Waals surface area contributed by atoms with Gasteiger partial charge in [-0.25, -0.2) is 8.78 Å². The van der Waals surface area contributed by atoms with Crippen LogP contribution in [0.25, 0.3) is 10.9 Å². The van der Waals surface area contributed by atoms with Crippen molar-refractivity contribution in [2.24, 2.45) is 0 Å². The number of hydrogen-bond donors (Lipinski definition) is 1. The van der Waals surface area contributed by atoms with E-state index in [1.807, 2.05) is 0 Å². The highest BCUT2D eigenvalue weighted by Gasteiger charge is 2.14. The molecule has 0 aliphatic carbocycles. The summed E-state index contributed by atoms with van der Waals surface area (Å²) in [4.78, 5) is 4.07. The summed E-state index contributed by atoms with van der Waals surface area (Å²) in [7, 11) is 0. The number of benzene rings is 2. The van der Waals surface area contributed by atoms with E-state index in [0.717, 1.165) is 12.1 Å². The van der Waals surface area contributed by atoms with E-state index in [9.17, 15) is 8.78 Å². The lowest BCUT2D eigenvalue weighted by Crippen LogP contribution is -1.96. The molecule has 2 N–H and O–H groups in total. The van der Waals surface area contributed by atoms with Gasteiger partial charge >= 0.3 is 0 Å². The summed E-state index contributed by atoms with van der Waals surface area (Å²) in [6.07, 6.45) is 1.50. The molecule has 3 rings (SSSR count). The molecule has 3 nitrogen and oxygen atoms in total. The Kier molecular flexibility index (Phi) is 3.35. The van der Waals surface area contributed by atoms with E-state index in [1.54, 1.807) is 12.1 Å². The molecule has 21 heavy (non-hydrogen) atoms. The number of pyridine rings is 1. The molecule has 0 aliphatic heterocycles. The fourth-order valence-electron chi connectivity index (χ4n) is 1.97. The Morgan fingerprint density at radius 3 is 2.67 bits per heavy atom. The average molecular weight is 307 g/mol. The Labute approximate surface area is 123 Å². The number of ether oxygens (including phenoxy) is 1. The zero-order chi connectivity index (χ0) is 15.0. The predicted molar refractivity (Wildman–Crippen MR) is 77.6 cm³/mol. The van der Waals surface area contributed by atoms with Crippen LogP contribution in [0.15, 0.2) is 42.6 Å². The monoisotopic (exact) mass is 306 g/mol. The molecule has 1 aromatic heterocycles. The number of hydrogen-bond acceptors (Lipinski definition) is 3. The van der Waals surface area contributed by atoms with Crippen molar-refractivity contribution in [3.63, 3.8) is 0 Å². The van der Waals surface area contributed by atoms with Gasteiger partial charge < -0.3 is 10.5 Å². The third-order valence-electron chi connectivity index (χ3n) is 2.94. The van der Waals surface area contributed by atoms with Crippen LogP contribution in [0.5, 0.6) is 11.5 Å². The van der Waals surface area contributed by atoms with Gasteiger partial charge in [0.2, 0.25) is 0 Å². The van der Waals surface area contributed by atoms with Crippen LogP contribution in [-0.4, -0.2) is 4.98 Å². The zero-order valence-electron chi connectivity index (χ0n) is 10.6. The minimum absolute atomic E-state index is 0.0388. The molecule has 0 aliphatic rings. The van der Waals surface area contributed by atoms with E-state index < -0.39 is 11.6 Å². The quantitative estimate of drug-likeness (QED) is 0.707. The highest BCUT2D eigenvalue weighted by molar-refractivity contribution is 6.30. The number of aromatic nitrogens is 1. The van der Waals surface area contributed by atoms with Crippen LogP contribution >= 0.6 is 11.6 Å². The molecule has 0 saturated carbocycles. The van der Waals surface area contributed by atoms with Crippen molar-refractivity contribution in [1.29, 1.82) is 0 Å². The Hall–Kier alpha value is -2.40. The van der Waals surface area contributed by atoms with Crippen molar-refractivity contribution in [2.75, 3.05) is 5.73 Å². The first kappa shape index (κ1) is 13.6. The van der Waals surface area contributed by atoms with Crippen LogP contribution in [-0.2, 0) is 0 Å². The standard InChI is InChI=1S/C15H9ClF2N2O/c16-10-4-3-8(6-11(10)17)21-15-12(18)7-13(19)9-2-1-5-20-14(9)15/h1-7H,19H2. The lowest BCUT2D eigenvalue weighted by molar-refractivity contribution is 0.443. The number of nitrogen functional groups attached to an aromatic ring is 1. The predicted octanol–water partition coefficient (Wildman–Crippen LogP) is 4.54. The van der Waals surface area contributed by atoms with Crippen LogP contribution in [0.2, 0.25) is 5.02 Å². The first-order valence-electron chi connectivity index (χ1n) is 6.02. The number of halogens is 3. The Morgan fingerprint density at radius 2 is 1.90 bits per heavy atom. The Morgan fingerprint density at radius 1 is 1.10 bits per heavy atom. The van der Waals surface area contributed by atoms with Gasteiger partial charge in [-0.1, -0.05) is 11.6 Å². The smallest absolute Gasteiger partial charge is 0.189 e. The SMILES string of the molecule is Nc1cc(F)c(Oc2ccc(Cl)c(F)c2)c2ncccc12. The van der Waals surface area contributed by atoms with Crippen LogP contribution in [0.4, 0.5) is 14.5 Å². The molecule has 106 valence electrons.